The van der Waals surface area contributed by atoms with Crippen LogP contribution in [0.15, 0.2) is 12.7 Å². The summed E-state index contributed by atoms with van der Waals surface area (Å²) in [6.07, 6.45) is 1.57. The van der Waals surface area contributed by atoms with Crippen molar-refractivity contribution in [3.8, 4) is 6.01 Å². The minimum Gasteiger partial charge on any atom is -0.457 e. The van der Waals surface area contributed by atoms with Gasteiger partial charge in [-0.2, -0.15) is 0 Å². The second-order valence-corrected chi connectivity index (χ2v) is 1.89. The van der Waals surface area contributed by atoms with Gasteiger partial charge in [-0.15, -0.1) is 10.2 Å². The van der Waals surface area contributed by atoms with Crippen LogP contribution in [0.5, 0.6) is 6.01 Å². The van der Waals surface area contributed by atoms with E-state index in [2.05, 4.69) is 27.0 Å². The van der Waals surface area contributed by atoms with E-state index >= 15 is 0 Å². The molecule has 0 aromatic carbocycles. The number of rotatable bonds is 3. The van der Waals surface area contributed by atoms with Crippen molar-refractivity contribution in [1.29, 1.82) is 0 Å². The van der Waals surface area contributed by atoms with E-state index in [0.29, 0.717) is 6.61 Å². The predicted molar refractivity (Wildman–Crippen MR) is 38.3 cm³/mol. The van der Waals surface area contributed by atoms with Gasteiger partial charge in [0.05, 0.1) is 0 Å². The van der Waals surface area contributed by atoms with E-state index in [9.17, 15) is 0 Å². The van der Waals surface area contributed by atoms with Crippen molar-refractivity contribution in [3.05, 3.63) is 17.9 Å². The van der Waals surface area contributed by atoms with Crippen molar-refractivity contribution in [3.63, 3.8) is 0 Å². The fourth-order valence-electron chi connectivity index (χ4n) is 0.399. The monoisotopic (exact) mass is 172 g/mol. The van der Waals surface area contributed by atoms with Crippen molar-refractivity contribution < 1.29 is 4.74 Å². The molecule has 0 aliphatic rings. The molecule has 1 rings (SSSR count). The topological polar surface area (TPSA) is 60.8 Å². The number of nitrogens with zero attached hydrogens (tertiary/aromatic N) is 4. The summed E-state index contributed by atoms with van der Waals surface area (Å²) in [5, 5.41) is 13.8. The van der Waals surface area contributed by atoms with Crippen molar-refractivity contribution in [2.45, 2.75) is 0 Å². The lowest BCUT2D eigenvalue weighted by molar-refractivity contribution is 0.322. The molecule has 0 amide bonds. The molecule has 0 radical (unpaired) electrons. The molecule has 1 aromatic rings. The van der Waals surface area contributed by atoms with E-state index in [1.54, 1.807) is 6.08 Å². The molecule has 5 nitrogen and oxygen atoms in total. The zero-order chi connectivity index (χ0) is 8.10. The third-order valence-electron chi connectivity index (χ3n) is 0.766. The standard InChI is InChI=1S/C5H5ClN4O/c1-2-3-11-5-9-7-4(6)8-10-5/h2H,1,3H2. The van der Waals surface area contributed by atoms with Crippen LogP contribution in [0.25, 0.3) is 0 Å². The Morgan fingerprint density at radius 1 is 1.36 bits per heavy atom. The van der Waals surface area contributed by atoms with Crippen molar-refractivity contribution in [1.82, 2.24) is 20.4 Å². The lowest BCUT2D eigenvalue weighted by atomic mass is 10.7. The second-order valence-electron chi connectivity index (χ2n) is 1.55. The molecule has 0 spiro atoms. The number of hydrogen-bond donors (Lipinski definition) is 0. The molecule has 0 fully saturated rings. The number of ether oxygens (including phenoxy) is 1. The molecule has 0 N–H and O–H groups in total. The van der Waals surface area contributed by atoms with Gasteiger partial charge in [0, 0.05) is 0 Å². The molecule has 58 valence electrons. The summed E-state index contributed by atoms with van der Waals surface area (Å²) in [7, 11) is 0. The molecule has 0 unspecified atom stereocenters. The molecule has 11 heavy (non-hydrogen) atoms. The smallest absolute Gasteiger partial charge is 0.355 e. The highest BCUT2D eigenvalue weighted by atomic mass is 35.5. The maximum absolute atomic E-state index is 5.32. The maximum atomic E-state index is 5.32. The summed E-state index contributed by atoms with van der Waals surface area (Å²) in [6.45, 7) is 3.77. The Morgan fingerprint density at radius 3 is 2.55 bits per heavy atom. The fraction of sp³-hybridized carbons (Fsp3) is 0.200. The van der Waals surface area contributed by atoms with Gasteiger partial charge in [0.15, 0.2) is 0 Å². The van der Waals surface area contributed by atoms with Gasteiger partial charge in [-0.25, -0.2) is 0 Å². The Hall–Kier alpha value is -1.23. The maximum Gasteiger partial charge on any atom is 0.355 e. The predicted octanol–water partition coefficient (Wildman–Crippen LogP) is 0.485. The number of halogens is 1. The highest BCUT2D eigenvalue weighted by Crippen LogP contribution is 1.98. The van der Waals surface area contributed by atoms with Crippen LogP contribution in [0.2, 0.25) is 5.28 Å². The van der Waals surface area contributed by atoms with E-state index in [-0.39, 0.29) is 11.3 Å². The molecule has 1 heterocycles. The van der Waals surface area contributed by atoms with Gasteiger partial charge in [-0.3, -0.25) is 0 Å². The lowest BCUT2D eigenvalue weighted by Crippen LogP contribution is -2.01. The van der Waals surface area contributed by atoms with E-state index in [4.69, 9.17) is 16.3 Å². The van der Waals surface area contributed by atoms with Crippen LogP contribution < -0.4 is 4.74 Å². The molecule has 0 aliphatic heterocycles. The summed E-state index contributed by atoms with van der Waals surface area (Å²) >= 11 is 5.32. The van der Waals surface area contributed by atoms with Gasteiger partial charge < -0.3 is 4.74 Å². The van der Waals surface area contributed by atoms with Crippen LogP contribution in [-0.4, -0.2) is 27.0 Å². The van der Waals surface area contributed by atoms with E-state index < -0.39 is 0 Å². The fourth-order valence-corrected chi connectivity index (χ4v) is 0.475. The first-order chi connectivity index (χ1) is 5.33. The van der Waals surface area contributed by atoms with Crippen LogP contribution >= 0.6 is 11.6 Å². The van der Waals surface area contributed by atoms with Crippen molar-refractivity contribution >= 4 is 11.6 Å². The molecule has 0 aliphatic carbocycles. The van der Waals surface area contributed by atoms with Gasteiger partial charge >= 0.3 is 6.01 Å². The largest absolute Gasteiger partial charge is 0.457 e. The third kappa shape index (κ3) is 2.46. The summed E-state index contributed by atoms with van der Waals surface area (Å²) in [5.74, 6) is 0. The average Bonchev–Trinajstić information content (AvgIpc) is 2.04. The van der Waals surface area contributed by atoms with E-state index in [1.165, 1.54) is 0 Å². The average molecular weight is 173 g/mol. The molecule has 0 saturated carbocycles. The first-order valence-electron chi connectivity index (χ1n) is 2.79. The Kier molecular flexibility index (Phi) is 2.74. The molecule has 0 bridgehead atoms. The van der Waals surface area contributed by atoms with Gasteiger partial charge in [0.25, 0.3) is 5.28 Å². The molecule has 6 heteroatoms. The normalized spacial score (nSPS) is 9.18. The first-order valence-corrected chi connectivity index (χ1v) is 3.17. The van der Waals surface area contributed by atoms with Gasteiger partial charge in [-0.05, 0) is 11.6 Å². The molecule has 0 atom stereocenters. The SMILES string of the molecule is C=CCOc1nnc(Cl)nn1. The Balaban J connectivity index is 2.58. The van der Waals surface area contributed by atoms with Crippen LogP contribution in [0, 0.1) is 0 Å². The minimum atomic E-state index is -0.00375. The van der Waals surface area contributed by atoms with Gasteiger partial charge in [0.2, 0.25) is 0 Å². The van der Waals surface area contributed by atoms with Crippen LogP contribution in [0.3, 0.4) is 0 Å². The van der Waals surface area contributed by atoms with Crippen LogP contribution in [0.1, 0.15) is 0 Å². The third-order valence-corrected chi connectivity index (χ3v) is 0.918. The van der Waals surface area contributed by atoms with Crippen LogP contribution in [-0.2, 0) is 0 Å². The number of aromatic nitrogens is 4. The van der Waals surface area contributed by atoms with Crippen molar-refractivity contribution in [2.75, 3.05) is 6.61 Å². The highest BCUT2D eigenvalue weighted by molar-refractivity contribution is 6.28. The van der Waals surface area contributed by atoms with Gasteiger partial charge in [-0.1, -0.05) is 22.9 Å². The summed E-state index contributed by atoms with van der Waals surface area (Å²) in [5.41, 5.74) is 0. The lowest BCUT2D eigenvalue weighted by Gasteiger charge is -1.95. The zero-order valence-corrected chi connectivity index (χ0v) is 6.32. The first kappa shape index (κ1) is 7.87. The highest BCUT2D eigenvalue weighted by Gasteiger charge is 1.96. The quantitative estimate of drug-likeness (QED) is 0.621. The van der Waals surface area contributed by atoms with E-state index in [1.807, 2.05) is 0 Å². The number of hydrogen-bond acceptors (Lipinski definition) is 5. The molecule has 0 saturated heterocycles. The Labute approximate surface area is 68.1 Å². The Morgan fingerprint density at radius 2 is 2.00 bits per heavy atom. The van der Waals surface area contributed by atoms with Gasteiger partial charge in [0.1, 0.15) is 6.61 Å². The summed E-state index contributed by atoms with van der Waals surface area (Å²) in [4.78, 5) is 0. The summed E-state index contributed by atoms with van der Waals surface area (Å²) < 4.78 is 4.89. The second kappa shape index (κ2) is 3.82. The minimum absolute atomic E-state index is 0.00375. The van der Waals surface area contributed by atoms with E-state index in [0.717, 1.165) is 0 Å². The van der Waals surface area contributed by atoms with Crippen molar-refractivity contribution in [2.24, 2.45) is 0 Å². The molecule has 1 aromatic heterocycles. The van der Waals surface area contributed by atoms with Crippen LogP contribution in [0.4, 0.5) is 0 Å². The summed E-state index contributed by atoms with van der Waals surface area (Å²) in [6, 6.07) is 0.0919. The molecular weight excluding hydrogens is 168 g/mol. The molecular formula is C5H5ClN4O. The Bertz CT molecular complexity index is 237. The zero-order valence-electron chi connectivity index (χ0n) is 5.57.